The van der Waals surface area contributed by atoms with Crippen LogP contribution in [0, 0.1) is 11.7 Å². The average molecular weight is 762 g/mol. The molecule has 3 unspecified atom stereocenters. The minimum atomic E-state index is -1.44. The Balaban J connectivity index is 1.07. The Morgan fingerprint density at radius 2 is 1.78 bits per heavy atom. The number of hydrogen-bond donors (Lipinski definition) is 3. The van der Waals surface area contributed by atoms with E-state index in [0.717, 1.165) is 42.0 Å². The second-order valence-electron chi connectivity index (χ2n) is 12.9. The van der Waals surface area contributed by atoms with E-state index in [1.165, 1.54) is 23.2 Å². The zero-order chi connectivity index (χ0) is 36.3. The number of anilines is 1. The van der Waals surface area contributed by atoms with Crippen LogP contribution in [-0.2, 0) is 25.7 Å². The molecule has 4 N–H and O–H groups in total. The van der Waals surface area contributed by atoms with Crippen LogP contribution in [-0.4, -0.2) is 86.3 Å². The van der Waals surface area contributed by atoms with Crippen molar-refractivity contribution in [2.45, 2.75) is 43.3 Å². The molecule has 2 aromatic heterocycles. The number of aromatic nitrogens is 2. The maximum absolute atomic E-state index is 15.4. The minimum Gasteiger partial charge on any atom is -0.477 e. The van der Waals surface area contributed by atoms with Crippen LogP contribution in [0.2, 0.25) is 10.0 Å². The number of nitrogens with two attached hydrogens (primary N) is 1. The van der Waals surface area contributed by atoms with E-state index in [0.29, 0.717) is 30.8 Å². The zero-order valence-electron chi connectivity index (χ0n) is 26.8. The number of rotatable bonds is 10. The van der Waals surface area contributed by atoms with Crippen molar-refractivity contribution in [2.24, 2.45) is 11.7 Å². The van der Waals surface area contributed by atoms with Gasteiger partial charge >= 0.3 is 11.9 Å². The Morgan fingerprint density at radius 3 is 2.43 bits per heavy atom. The first-order valence-electron chi connectivity index (χ1n) is 16.1. The zero-order valence-corrected chi connectivity index (χ0v) is 29.1. The highest BCUT2D eigenvalue weighted by Crippen LogP contribution is 2.41. The van der Waals surface area contributed by atoms with Crippen molar-refractivity contribution in [1.82, 2.24) is 19.4 Å². The lowest BCUT2D eigenvalue weighted by Crippen LogP contribution is -2.70. The first-order valence-corrected chi connectivity index (χ1v) is 17.9. The summed E-state index contributed by atoms with van der Waals surface area (Å²) in [5.74, 6) is -4.05. The van der Waals surface area contributed by atoms with Gasteiger partial charge in [0.25, 0.3) is 5.91 Å². The maximum Gasteiger partial charge on any atom is 0.352 e. The second kappa shape index (κ2) is 13.6. The first kappa shape index (κ1) is 35.0. The van der Waals surface area contributed by atoms with Gasteiger partial charge in [0.15, 0.2) is 0 Å². The fourth-order valence-corrected chi connectivity index (χ4v) is 8.54. The molecular weight excluding hydrogens is 730 g/mol. The van der Waals surface area contributed by atoms with Crippen molar-refractivity contribution in [2.75, 3.05) is 36.9 Å². The van der Waals surface area contributed by atoms with Crippen molar-refractivity contribution in [1.29, 1.82) is 0 Å². The molecule has 0 spiro atoms. The molecule has 1 aliphatic carbocycles. The number of ether oxygens (including phenoxy) is 1. The molecule has 2 amide bonds. The predicted octanol–water partition coefficient (Wildman–Crippen LogP) is 2.32. The summed E-state index contributed by atoms with van der Waals surface area (Å²) in [6.07, 6.45) is 6.32. The van der Waals surface area contributed by atoms with Gasteiger partial charge in [0, 0.05) is 54.4 Å². The number of aliphatic carboxylic acids is 1. The normalized spacial score (nSPS) is 21.5. The van der Waals surface area contributed by atoms with E-state index in [9.17, 15) is 33.9 Å². The van der Waals surface area contributed by atoms with Gasteiger partial charge in [0.05, 0.1) is 11.2 Å². The third kappa shape index (κ3) is 6.49. The van der Waals surface area contributed by atoms with Crippen LogP contribution in [0.15, 0.2) is 51.6 Å². The lowest BCUT2D eigenvalue weighted by Gasteiger charge is -2.49. The van der Waals surface area contributed by atoms with Crippen LogP contribution >= 0.6 is 35.0 Å². The van der Waals surface area contributed by atoms with Crippen LogP contribution in [0.4, 0.5) is 10.1 Å². The van der Waals surface area contributed by atoms with Crippen LogP contribution < -0.4 is 26.8 Å². The Kier molecular flexibility index (Phi) is 9.37. The number of hydrogen-bond acceptors (Lipinski definition) is 10. The fourth-order valence-electron chi connectivity index (χ4n) is 6.71. The third-order valence-electron chi connectivity index (χ3n) is 9.48. The number of thioether (sulfide) groups is 1. The number of carbonyl (C=O) groups is 4. The lowest BCUT2D eigenvalue weighted by molar-refractivity contribution is -0.150. The van der Waals surface area contributed by atoms with Crippen molar-refractivity contribution in [3.63, 3.8) is 0 Å². The molecule has 5 heterocycles. The first-order chi connectivity index (χ1) is 24.4. The number of nitrogens with zero attached hydrogens (tertiary/aromatic N) is 4. The lowest BCUT2D eigenvalue weighted by atomic mass is 10.0. The van der Waals surface area contributed by atoms with Gasteiger partial charge in [0.1, 0.15) is 51.7 Å². The number of amides is 2. The van der Waals surface area contributed by atoms with Gasteiger partial charge in [-0.25, -0.2) is 14.0 Å². The van der Waals surface area contributed by atoms with Gasteiger partial charge in [-0.15, -0.1) is 11.8 Å². The number of carboxylic acid groups (broad SMARTS) is 1. The quantitative estimate of drug-likeness (QED) is 0.204. The number of fused-ring (bicyclic) bond motifs is 2. The average Bonchev–Trinajstić information content (AvgIpc) is 3.83. The topological polar surface area (TPSA) is 186 Å². The van der Waals surface area contributed by atoms with Crippen LogP contribution in [0.25, 0.3) is 10.9 Å². The summed E-state index contributed by atoms with van der Waals surface area (Å²) in [6, 6.07) is 1.77. The molecule has 3 atom stereocenters. The number of pyridine rings is 2. The molecular formula is C33H31Cl2FN6O8S. The van der Waals surface area contributed by atoms with Crippen molar-refractivity contribution in [3.8, 4) is 0 Å². The van der Waals surface area contributed by atoms with Crippen LogP contribution in [0.3, 0.4) is 0 Å². The molecule has 14 nitrogen and oxygen atoms in total. The Hall–Kier alpha value is -4.38. The van der Waals surface area contributed by atoms with Gasteiger partial charge < -0.3 is 34.9 Å². The summed E-state index contributed by atoms with van der Waals surface area (Å²) in [7, 11) is 0. The van der Waals surface area contributed by atoms with Gasteiger partial charge in [-0.1, -0.05) is 23.2 Å². The van der Waals surface area contributed by atoms with Gasteiger partial charge in [-0.05, 0) is 43.9 Å². The number of carbonyl (C=O) groups excluding carboxylic acids is 3. The predicted molar refractivity (Wildman–Crippen MR) is 187 cm³/mol. The number of carboxylic acids is 1. The maximum atomic E-state index is 15.4. The highest BCUT2D eigenvalue weighted by Gasteiger charge is 2.54. The molecule has 51 heavy (non-hydrogen) atoms. The molecule has 0 bridgehead atoms. The van der Waals surface area contributed by atoms with E-state index in [1.807, 2.05) is 4.90 Å². The molecule has 2 saturated heterocycles. The number of β-lactam (4-membered cyclic amide) rings is 1. The fraction of sp³-hybridized carbons (Fsp3) is 0.394. The summed E-state index contributed by atoms with van der Waals surface area (Å²) in [5, 5.41) is 11.5. The third-order valence-corrected chi connectivity index (χ3v) is 11.4. The van der Waals surface area contributed by atoms with E-state index in [1.54, 1.807) is 10.6 Å². The number of benzene rings is 1. The van der Waals surface area contributed by atoms with Crippen molar-refractivity contribution >= 4 is 75.3 Å². The van der Waals surface area contributed by atoms with Crippen LogP contribution in [0.5, 0.6) is 0 Å². The second-order valence-corrected chi connectivity index (χ2v) is 14.8. The molecule has 3 aromatic rings. The van der Waals surface area contributed by atoms with Crippen molar-refractivity contribution in [3.05, 3.63) is 83.9 Å². The van der Waals surface area contributed by atoms with Gasteiger partial charge in [-0.2, -0.15) is 0 Å². The Morgan fingerprint density at radius 1 is 1.06 bits per heavy atom. The molecule has 3 aliphatic heterocycles. The summed E-state index contributed by atoms with van der Waals surface area (Å²) < 4.78 is 24.0. The number of nitrogens with one attached hydrogen (secondary N) is 1. The van der Waals surface area contributed by atoms with Gasteiger partial charge in [-0.3, -0.25) is 24.1 Å². The summed E-state index contributed by atoms with van der Waals surface area (Å²) in [4.78, 5) is 79.8. The van der Waals surface area contributed by atoms with E-state index in [2.05, 4.69) is 5.32 Å². The molecule has 1 saturated carbocycles. The number of halogens is 3. The summed E-state index contributed by atoms with van der Waals surface area (Å²) in [5.41, 5.74) is 4.80. The molecule has 3 fully saturated rings. The molecule has 4 aliphatic rings. The Bertz CT molecular complexity index is 2140. The SMILES string of the molecule is NCC1CCN(c2cc3c(cc2F)c(=O)c(C(=O)OCC2=C(C(=O)O)N4C(=O)C(NC(=O)Cn5cc(Cl)c(=O)c(Cl)c5)C4SC2)cn3C2CC2)C1. The molecule has 1 aromatic carbocycles. The minimum absolute atomic E-state index is 0.0137. The molecule has 268 valence electrons. The van der Waals surface area contributed by atoms with E-state index < -0.39 is 58.5 Å². The molecule has 18 heteroatoms. The van der Waals surface area contributed by atoms with E-state index in [4.69, 9.17) is 33.7 Å². The highest BCUT2D eigenvalue weighted by atomic mass is 35.5. The van der Waals surface area contributed by atoms with E-state index in [-0.39, 0.29) is 56.5 Å². The standard InChI is InChI=1S/C33H31Cl2FN6O8S/c34-20-10-39(11-21(35)29(20)45)12-25(43)38-26-30(46)42-27(32(47)48)16(14-51-31(26)42)13-50-33(49)19-9-41(17-1-2-17)23-6-24(22(36)5-18(23)28(19)44)40-4-3-15(7-37)8-40/h5-6,9-11,15,17,26,31H,1-4,7-8,12-14,37H2,(H,38,43)(H,47,48). The summed E-state index contributed by atoms with van der Waals surface area (Å²) in [6.45, 7) is 0.891. The summed E-state index contributed by atoms with van der Waals surface area (Å²) >= 11 is 12.9. The largest absolute Gasteiger partial charge is 0.477 e. The van der Waals surface area contributed by atoms with Crippen LogP contribution in [0.1, 0.15) is 35.7 Å². The highest BCUT2D eigenvalue weighted by molar-refractivity contribution is 8.00. The van der Waals surface area contributed by atoms with Gasteiger partial charge in [0.2, 0.25) is 16.8 Å². The smallest absolute Gasteiger partial charge is 0.352 e. The Labute approximate surface area is 302 Å². The number of esters is 1. The van der Waals surface area contributed by atoms with E-state index >= 15 is 4.39 Å². The monoisotopic (exact) mass is 760 g/mol. The molecule has 7 rings (SSSR count). The van der Waals surface area contributed by atoms with Crippen molar-refractivity contribution < 1.29 is 33.4 Å². The molecule has 0 radical (unpaired) electrons.